The summed E-state index contributed by atoms with van der Waals surface area (Å²) in [7, 11) is 3.37. The van der Waals surface area contributed by atoms with Crippen LogP contribution in [0.1, 0.15) is 34.6 Å². The summed E-state index contributed by atoms with van der Waals surface area (Å²) in [5.74, 6) is 0.573. The molecule has 2 aromatic carbocycles. The third-order valence-electron chi connectivity index (χ3n) is 3.68. The lowest BCUT2D eigenvalue weighted by Crippen LogP contribution is -2.34. The fourth-order valence-electron chi connectivity index (χ4n) is 2.32. The molecule has 0 fully saturated rings. The SMILES string of the molecule is CC(C)COc1cccc(C(=O)NC(=S)Nc2cccc(C(=O)N(C)C)c2)c1. The van der Waals surface area contributed by atoms with E-state index in [1.54, 1.807) is 56.6 Å². The summed E-state index contributed by atoms with van der Waals surface area (Å²) < 4.78 is 5.65. The summed E-state index contributed by atoms with van der Waals surface area (Å²) in [6.07, 6.45) is 0. The van der Waals surface area contributed by atoms with Gasteiger partial charge in [-0.15, -0.1) is 0 Å². The predicted molar refractivity (Wildman–Crippen MR) is 115 cm³/mol. The van der Waals surface area contributed by atoms with Gasteiger partial charge in [0, 0.05) is 30.9 Å². The Bertz CT molecular complexity index is 865. The Hall–Kier alpha value is -2.93. The van der Waals surface area contributed by atoms with Gasteiger partial charge in [0.1, 0.15) is 5.75 Å². The van der Waals surface area contributed by atoms with Crippen LogP contribution in [0.25, 0.3) is 0 Å². The van der Waals surface area contributed by atoms with Crippen molar-refractivity contribution in [2.45, 2.75) is 13.8 Å². The average molecular weight is 400 g/mol. The molecule has 148 valence electrons. The smallest absolute Gasteiger partial charge is 0.257 e. The molecule has 0 saturated carbocycles. The highest BCUT2D eigenvalue weighted by Crippen LogP contribution is 2.15. The van der Waals surface area contributed by atoms with Crippen LogP contribution in [-0.4, -0.2) is 42.5 Å². The summed E-state index contributed by atoms with van der Waals surface area (Å²) in [5, 5.41) is 5.71. The van der Waals surface area contributed by atoms with Gasteiger partial charge in [0.05, 0.1) is 6.61 Å². The van der Waals surface area contributed by atoms with Crippen molar-refractivity contribution in [3.05, 3.63) is 59.7 Å². The van der Waals surface area contributed by atoms with Gasteiger partial charge in [-0.2, -0.15) is 0 Å². The van der Waals surface area contributed by atoms with Gasteiger partial charge in [-0.3, -0.25) is 14.9 Å². The van der Waals surface area contributed by atoms with E-state index in [9.17, 15) is 9.59 Å². The number of hydrogen-bond donors (Lipinski definition) is 2. The van der Waals surface area contributed by atoms with E-state index in [0.717, 1.165) is 0 Å². The van der Waals surface area contributed by atoms with Gasteiger partial charge in [-0.25, -0.2) is 0 Å². The first-order valence-corrected chi connectivity index (χ1v) is 9.34. The lowest BCUT2D eigenvalue weighted by Gasteiger charge is -2.13. The summed E-state index contributed by atoms with van der Waals surface area (Å²) in [4.78, 5) is 26.0. The van der Waals surface area contributed by atoms with E-state index in [1.807, 2.05) is 6.07 Å². The van der Waals surface area contributed by atoms with Crippen molar-refractivity contribution in [1.29, 1.82) is 0 Å². The highest BCUT2D eigenvalue weighted by molar-refractivity contribution is 7.80. The zero-order valence-corrected chi connectivity index (χ0v) is 17.3. The Morgan fingerprint density at radius 2 is 1.75 bits per heavy atom. The molecule has 0 atom stereocenters. The van der Waals surface area contributed by atoms with Crippen molar-refractivity contribution < 1.29 is 14.3 Å². The lowest BCUT2D eigenvalue weighted by atomic mass is 10.2. The summed E-state index contributed by atoms with van der Waals surface area (Å²) in [6, 6.07) is 13.9. The molecule has 0 aliphatic rings. The fourth-order valence-corrected chi connectivity index (χ4v) is 2.53. The lowest BCUT2D eigenvalue weighted by molar-refractivity contribution is 0.0827. The number of benzene rings is 2. The number of anilines is 1. The molecule has 7 heteroatoms. The maximum atomic E-state index is 12.4. The van der Waals surface area contributed by atoms with Gasteiger partial charge in [0.2, 0.25) is 0 Å². The van der Waals surface area contributed by atoms with E-state index in [-0.39, 0.29) is 16.9 Å². The molecule has 0 aliphatic heterocycles. The predicted octanol–water partition coefficient (Wildman–Crippen LogP) is 3.55. The van der Waals surface area contributed by atoms with Crippen molar-refractivity contribution >= 4 is 34.8 Å². The minimum Gasteiger partial charge on any atom is -0.493 e. The number of hydrogen-bond acceptors (Lipinski definition) is 4. The molecule has 0 unspecified atom stereocenters. The van der Waals surface area contributed by atoms with E-state index >= 15 is 0 Å². The van der Waals surface area contributed by atoms with Crippen molar-refractivity contribution in [3.8, 4) is 5.75 Å². The summed E-state index contributed by atoms with van der Waals surface area (Å²) in [5.41, 5.74) is 1.59. The van der Waals surface area contributed by atoms with Crippen molar-refractivity contribution in [3.63, 3.8) is 0 Å². The molecule has 0 heterocycles. The fraction of sp³-hybridized carbons (Fsp3) is 0.286. The number of carbonyl (C=O) groups excluding carboxylic acids is 2. The van der Waals surface area contributed by atoms with Crippen molar-refractivity contribution in [2.75, 3.05) is 26.0 Å². The quantitative estimate of drug-likeness (QED) is 0.727. The second-order valence-corrected chi connectivity index (χ2v) is 7.33. The van der Waals surface area contributed by atoms with Crippen LogP contribution in [-0.2, 0) is 0 Å². The first kappa shape index (κ1) is 21.4. The number of amides is 2. The van der Waals surface area contributed by atoms with Crippen LogP contribution in [0.15, 0.2) is 48.5 Å². The minimum absolute atomic E-state index is 0.114. The molecule has 0 aliphatic carbocycles. The molecule has 28 heavy (non-hydrogen) atoms. The van der Waals surface area contributed by atoms with Gasteiger partial charge in [-0.05, 0) is 54.5 Å². The zero-order valence-electron chi connectivity index (χ0n) is 16.5. The second-order valence-electron chi connectivity index (χ2n) is 6.92. The molecule has 0 saturated heterocycles. The van der Waals surface area contributed by atoms with E-state index in [4.69, 9.17) is 17.0 Å². The number of nitrogens with one attached hydrogen (secondary N) is 2. The highest BCUT2D eigenvalue weighted by atomic mass is 32.1. The zero-order chi connectivity index (χ0) is 20.7. The monoisotopic (exact) mass is 399 g/mol. The molecule has 2 rings (SSSR count). The van der Waals surface area contributed by atoms with Gasteiger partial charge < -0.3 is 15.0 Å². The van der Waals surface area contributed by atoms with Crippen molar-refractivity contribution in [1.82, 2.24) is 10.2 Å². The Morgan fingerprint density at radius 1 is 1.07 bits per heavy atom. The Kier molecular flexibility index (Phi) is 7.52. The maximum absolute atomic E-state index is 12.4. The van der Waals surface area contributed by atoms with E-state index in [0.29, 0.717) is 35.1 Å². The number of thiocarbonyl (C=S) groups is 1. The minimum atomic E-state index is -0.340. The third-order valence-corrected chi connectivity index (χ3v) is 3.88. The average Bonchev–Trinajstić information content (AvgIpc) is 2.66. The normalized spacial score (nSPS) is 10.3. The molecule has 0 spiro atoms. The Morgan fingerprint density at radius 3 is 2.43 bits per heavy atom. The topological polar surface area (TPSA) is 70.7 Å². The second kappa shape index (κ2) is 9.85. The molecular weight excluding hydrogens is 374 g/mol. The van der Waals surface area contributed by atoms with E-state index < -0.39 is 0 Å². The molecule has 0 aromatic heterocycles. The van der Waals surface area contributed by atoms with Gasteiger partial charge in [0.15, 0.2) is 5.11 Å². The molecule has 2 aromatic rings. The van der Waals surface area contributed by atoms with Crippen LogP contribution in [0.2, 0.25) is 0 Å². The van der Waals surface area contributed by atoms with Crippen LogP contribution >= 0.6 is 12.2 Å². The first-order valence-electron chi connectivity index (χ1n) is 8.93. The van der Waals surface area contributed by atoms with Gasteiger partial charge in [0.25, 0.3) is 11.8 Å². The number of ether oxygens (including phenoxy) is 1. The molecule has 2 N–H and O–H groups in total. The largest absolute Gasteiger partial charge is 0.493 e. The Labute approximate surface area is 170 Å². The first-order chi connectivity index (χ1) is 13.3. The Balaban J connectivity index is 2.00. The number of carbonyl (C=O) groups is 2. The van der Waals surface area contributed by atoms with E-state index in [1.165, 1.54) is 4.90 Å². The van der Waals surface area contributed by atoms with Crippen LogP contribution in [0, 0.1) is 5.92 Å². The molecule has 0 radical (unpaired) electrons. The maximum Gasteiger partial charge on any atom is 0.257 e. The summed E-state index contributed by atoms with van der Waals surface area (Å²) >= 11 is 5.22. The standard InChI is InChI=1S/C21H25N3O3S/c1-14(2)13-27-18-10-6-7-15(12-18)19(25)23-21(28)22-17-9-5-8-16(11-17)20(26)24(3)4/h5-12,14H,13H2,1-4H3,(H2,22,23,25,28). The molecule has 6 nitrogen and oxygen atoms in total. The third kappa shape index (κ3) is 6.35. The van der Waals surface area contributed by atoms with Crippen LogP contribution in [0.4, 0.5) is 5.69 Å². The number of nitrogens with zero attached hydrogens (tertiary/aromatic N) is 1. The highest BCUT2D eigenvalue weighted by Gasteiger charge is 2.11. The van der Waals surface area contributed by atoms with Gasteiger partial charge in [-0.1, -0.05) is 26.0 Å². The van der Waals surface area contributed by atoms with Gasteiger partial charge >= 0.3 is 0 Å². The van der Waals surface area contributed by atoms with E-state index in [2.05, 4.69) is 24.5 Å². The molecular formula is C21H25N3O3S. The van der Waals surface area contributed by atoms with Crippen LogP contribution in [0.3, 0.4) is 0 Å². The summed E-state index contributed by atoms with van der Waals surface area (Å²) in [6.45, 7) is 4.69. The van der Waals surface area contributed by atoms with Crippen LogP contribution < -0.4 is 15.4 Å². The molecule has 2 amide bonds. The van der Waals surface area contributed by atoms with Crippen LogP contribution in [0.5, 0.6) is 5.75 Å². The van der Waals surface area contributed by atoms with Crippen molar-refractivity contribution in [2.24, 2.45) is 5.92 Å². The molecule has 0 bridgehead atoms. The number of rotatable bonds is 6.